The lowest BCUT2D eigenvalue weighted by Gasteiger charge is -2.06. The molecule has 2 aromatic carbocycles. The zero-order chi connectivity index (χ0) is 15.1. The molecule has 0 heterocycles. The first-order valence-corrected chi connectivity index (χ1v) is 7.85. The second-order valence-electron chi connectivity index (χ2n) is 4.39. The minimum absolute atomic E-state index is 0.211. The molecule has 0 aliphatic rings. The van der Waals surface area contributed by atoms with Gasteiger partial charge in [-0.1, -0.05) is 66.4 Å². The van der Waals surface area contributed by atoms with Gasteiger partial charge in [-0.05, 0) is 24.6 Å². The van der Waals surface area contributed by atoms with Gasteiger partial charge in [-0.15, -0.1) is 0 Å². The molecule has 0 saturated heterocycles. The number of benzene rings is 2. The van der Waals surface area contributed by atoms with Crippen molar-refractivity contribution in [3.63, 3.8) is 0 Å². The molecule has 2 rings (SSSR count). The number of hydrogen-bond acceptors (Lipinski definition) is 4. The zero-order valence-corrected chi connectivity index (χ0v) is 13.2. The van der Waals surface area contributed by atoms with Crippen LogP contribution < -0.4 is 5.43 Å². The van der Waals surface area contributed by atoms with E-state index in [1.54, 1.807) is 12.1 Å². The van der Waals surface area contributed by atoms with Crippen LogP contribution in [0.1, 0.15) is 18.1 Å². The molecular formula is C16H16N2OS2. The third kappa shape index (κ3) is 4.88. The summed E-state index contributed by atoms with van der Waals surface area (Å²) in [6, 6.07) is 17.2. The van der Waals surface area contributed by atoms with E-state index in [1.807, 2.05) is 37.3 Å². The van der Waals surface area contributed by atoms with Crippen molar-refractivity contribution in [2.45, 2.75) is 12.7 Å². The topological polar surface area (TPSA) is 44.6 Å². The third-order valence-electron chi connectivity index (χ3n) is 2.82. The molecule has 0 aromatic heterocycles. The van der Waals surface area contributed by atoms with E-state index in [0.29, 0.717) is 15.6 Å². The van der Waals surface area contributed by atoms with Crippen molar-refractivity contribution in [3.8, 4) is 5.75 Å². The lowest BCUT2D eigenvalue weighted by Crippen LogP contribution is -2.14. The fourth-order valence-corrected chi connectivity index (χ4v) is 2.55. The molecule has 0 amide bonds. The van der Waals surface area contributed by atoms with Gasteiger partial charge in [0.1, 0.15) is 5.75 Å². The minimum Gasteiger partial charge on any atom is -0.507 e. The lowest BCUT2D eigenvalue weighted by molar-refractivity contribution is 0.474. The Balaban J connectivity index is 1.88. The van der Waals surface area contributed by atoms with Crippen molar-refractivity contribution >= 4 is 34.0 Å². The summed E-state index contributed by atoms with van der Waals surface area (Å²) in [4.78, 5) is 0. The molecule has 0 aliphatic heterocycles. The van der Waals surface area contributed by atoms with Gasteiger partial charge in [-0.25, -0.2) is 0 Å². The molecule has 2 N–H and O–H groups in total. The van der Waals surface area contributed by atoms with Crippen LogP contribution in [0.25, 0.3) is 0 Å². The largest absolute Gasteiger partial charge is 0.507 e. The number of nitrogens with one attached hydrogen (secondary N) is 1. The molecule has 0 bridgehead atoms. The molecule has 0 saturated carbocycles. The fourth-order valence-electron chi connectivity index (χ4n) is 1.72. The van der Waals surface area contributed by atoms with Gasteiger partial charge in [0.05, 0.1) is 5.71 Å². The van der Waals surface area contributed by atoms with Crippen molar-refractivity contribution < 1.29 is 5.11 Å². The summed E-state index contributed by atoms with van der Waals surface area (Å²) in [7, 11) is 0. The van der Waals surface area contributed by atoms with Gasteiger partial charge in [-0.2, -0.15) is 5.10 Å². The van der Waals surface area contributed by atoms with Crippen LogP contribution >= 0.6 is 24.0 Å². The normalized spacial score (nSPS) is 11.2. The number of phenolic OH excluding ortho intramolecular Hbond substituents is 1. The summed E-state index contributed by atoms with van der Waals surface area (Å²) in [5.74, 6) is 1.01. The Kier molecular flexibility index (Phi) is 5.78. The maximum Gasteiger partial charge on any atom is 0.154 e. The summed E-state index contributed by atoms with van der Waals surface area (Å²) >= 11 is 6.76. The average Bonchev–Trinajstić information content (AvgIpc) is 2.52. The van der Waals surface area contributed by atoms with E-state index < -0.39 is 0 Å². The summed E-state index contributed by atoms with van der Waals surface area (Å²) in [6.07, 6.45) is 0. The molecule has 0 radical (unpaired) electrons. The van der Waals surface area contributed by atoms with Gasteiger partial charge < -0.3 is 5.11 Å². The maximum absolute atomic E-state index is 9.75. The maximum atomic E-state index is 9.75. The number of hydrazone groups is 1. The standard InChI is InChI=1S/C16H16N2OS2/c1-12(14-9-5-6-10-15(14)19)17-18-16(20)21-11-13-7-3-2-4-8-13/h2-10,19H,11H2,1H3,(H,18,20)/b17-12+. The van der Waals surface area contributed by atoms with Crippen LogP contribution in [0, 0.1) is 0 Å². The molecule has 3 nitrogen and oxygen atoms in total. The summed E-state index contributed by atoms with van der Waals surface area (Å²) in [6.45, 7) is 1.83. The Morgan fingerprint density at radius 2 is 1.81 bits per heavy atom. The zero-order valence-electron chi connectivity index (χ0n) is 11.6. The van der Waals surface area contributed by atoms with Gasteiger partial charge in [0.15, 0.2) is 4.32 Å². The number of aromatic hydroxyl groups is 1. The summed E-state index contributed by atoms with van der Waals surface area (Å²) < 4.78 is 0.605. The van der Waals surface area contributed by atoms with Crippen LogP contribution in [0.4, 0.5) is 0 Å². The predicted octanol–water partition coefficient (Wildman–Crippen LogP) is 3.92. The Bertz CT molecular complexity index is 642. The first-order valence-electron chi connectivity index (χ1n) is 6.46. The van der Waals surface area contributed by atoms with Crippen molar-refractivity contribution in [3.05, 3.63) is 65.7 Å². The molecular weight excluding hydrogens is 300 g/mol. The lowest BCUT2D eigenvalue weighted by atomic mass is 10.1. The molecule has 0 fully saturated rings. The van der Waals surface area contributed by atoms with Crippen LogP contribution in [0.2, 0.25) is 0 Å². The second kappa shape index (κ2) is 7.81. The number of thiocarbonyl (C=S) groups is 1. The molecule has 0 spiro atoms. The molecule has 5 heteroatoms. The van der Waals surface area contributed by atoms with E-state index in [2.05, 4.69) is 22.7 Å². The highest BCUT2D eigenvalue weighted by Crippen LogP contribution is 2.16. The Hall–Kier alpha value is -1.85. The second-order valence-corrected chi connectivity index (χ2v) is 6.04. The van der Waals surface area contributed by atoms with Crippen molar-refractivity contribution in [1.29, 1.82) is 0 Å². The highest BCUT2D eigenvalue weighted by Gasteiger charge is 2.04. The van der Waals surface area contributed by atoms with Gasteiger partial charge in [0.25, 0.3) is 0 Å². The van der Waals surface area contributed by atoms with E-state index in [9.17, 15) is 5.11 Å². The number of thioether (sulfide) groups is 1. The van der Waals surface area contributed by atoms with Gasteiger partial charge >= 0.3 is 0 Å². The molecule has 108 valence electrons. The van der Waals surface area contributed by atoms with Crippen molar-refractivity contribution in [1.82, 2.24) is 5.43 Å². The quantitative estimate of drug-likeness (QED) is 0.510. The van der Waals surface area contributed by atoms with Crippen LogP contribution in [-0.2, 0) is 5.75 Å². The Morgan fingerprint density at radius 1 is 1.14 bits per heavy atom. The molecule has 0 unspecified atom stereocenters. The van der Waals surface area contributed by atoms with Crippen molar-refractivity contribution in [2.75, 3.05) is 0 Å². The van der Waals surface area contributed by atoms with Crippen LogP contribution in [0.15, 0.2) is 59.7 Å². The third-order valence-corrected chi connectivity index (χ3v) is 4.10. The van der Waals surface area contributed by atoms with Gasteiger partial charge in [-0.3, -0.25) is 5.43 Å². The average molecular weight is 316 g/mol. The van der Waals surface area contributed by atoms with E-state index >= 15 is 0 Å². The number of phenols is 1. The highest BCUT2D eigenvalue weighted by atomic mass is 32.2. The molecule has 0 aliphatic carbocycles. The molecule has 21 heavy (non-hydrogen) atoms. The van der Waals surface area contributed by atoms with E-state index in [-0.39, 0.29) is 5.75 Å². The SMILES string of the molecule is C/C(=N\NC(=S)SCc1ccccc1)c1ccccc1O. The number of para-hydroxylation sites is 1. The number of nitrogens with zero attached hydrogens (tertiary/aromatic N) is 1. The Labute approximate surface area is 134 Å². The van der Waals surface area contributed by atoms with Gasteiger partial charge in [0, 0.05) is 11.3 Å². The first kappa shape index (κ1) is 15.5. The van der Waals surface area contributed by atoms with E-state index in [4.69, 9.17) is 12.2 Å². The summed E-state index contributed by atoms with van der Waals surface area (Å²) in [5.41, 5.74) is 5.45. The van der Waals surface area contributed by atoms with Crippen LogP contribution in [-0.4, -0.2) is 15.1 Å². The predicted molar refractivity (Wildman–Crippen MR) is 93.8 cm³/mol. The number of rotatable bonds is 4. The fraction of sp³-hybridized carbons (Fsp3) is 0.125. The summed E-state index contributed by atoms with van der Waals surface area (Å²) in [5, 5.41) is 14.0. The van der Waals surface area contributed by atoms with E-state index in [1.165, 1.54) is 17.3 Å². The Morgan fingerprint density at radius 3 is 2.52 bits per heavy atom. The smallest absolute Gasteiger partial charge is 0.154 e. The molecule has 0 atom stereocenters. The van der Waals surface area contributed by atoms with E-state index in [0.717, 1.165) is 5.75 Å². The minimum atomic E-state index is 0.211. The highest BCUT2D eigenvalue weighted by molar-refractivity contribution is 8.22. The monoisotopic (exact) mass is 316 g/mol. The van der Waals surface area contributed by atoms with Crippen LogP contribution in [0.3, 0.4) is 0 Å². The first-order chi connectivity index (χ1) is 10.2. The van der Waals surface area contributed by atoms with Gasteiger partial charge in [0.2, 0.25) is 0 Å². The molecule has 2 aromatic rings. The van der Waals surface area contributed by atoms with Crippen molar-refractivity contribution in [2.24, 2.45) is 5.10 Å². The van der Waals surface area contributed by atoms with Crippen LogP contribution in [0.5, 0.6) is 5.75 Å². The number of hydrogen-bond donors (Lipinski definition) is 2.